The average Bonchev–Trinajstić information content (AvgIpc) is 3.20. The number of hydrogen-bond donors (Lipinski definition) is 2. The van der Waals surface area contributed by atoms with Crippen molar-refractivity contribution in [2.24, 2.45) is 0 Å². The first-order chi connectivity index (χ1) is 15.7. The number of rotatable bonds is 5. The van der Waals surface area contributed by atoms with E-state index in [1.807, 2.05) is 4.90 Å². The lowest BCUT2D eigenvalue weighted by molar-refractivity contribution is -0.274. The van der Waals surface area contributed by atoms with Crippen LogP contribution >= 0.6 is 0 Å². The van der Waals surface area contributed by atoms with Crippen LogP contribution in [0.5, 0.6) is 5.75 Å². The second-order valence-electron chi connectivity index (χ2n) is 7.53. The predicted octanol–water partition coefficient (Wildman–Crippen LogP) is 3.57. The summed E-state index contributed by atoms with van der Waals surface area (Å²) >= 11 is 0. The third kappa shape index (κ3) is 5.55. The van der Waals surface area contributed by atoms with Crippen molar-refractivity contribution in [3.63, 3.8) is 0 Å². The minimum absolute atomic E-state index is 0.240. The Kier molecular flexibility index (Phi) is 6.14. The number of β-amino-alcohol motifs (C(OH)–C–C–N with tert-alkyl or cyclic N) is 1. The minimum atomic E-state index is -4.79. The standard InChI is InChI=1S/C22H20F3N5O3/c1-13-26-10-15(11-27-13)19-8-14(9-28-20(19)30-7-6-17(31)12-30)21(32)29-16-2-4-18(5-3-16)33-22(23,24)25/h2-5,8-11,17,31H,6-7,12H2,1H3,(H,29,32). The van der Waals surface area contributed by atoms with Gasteiger partial charge in [0.25, 0.3) is 5.91 Å². The Hall–Kier alpha value is -3.73. The van der Waals surface area contributed by atoms with E-state index < -0.39 is 18.4 Å². The Labute approximate surface area is 187 Å². The van der Waals surface area contributed by atoms with Gasteiger partial charge in [-0.3, -0.25) is 4.79 Å². The number of alkyl halides is 3. The Bertz CT molecular complexity index is 1140. The molecule has 1 unspecified atom stereocenters. The number of anilines is 2. The summed E-state index contributed by atoms with van der Waals surface area (Å²) in [6, 6.07) is 6.48. The first-order valence-electron chi connectivity index (χ1n) is 10.1. The van der Waals surface area contributed by atoms with E-state index in [1.54, 1.807) is 25.4 Å². The maximum Gasteiger partial charge on any atom is 0.573 e. The van der Waals surface area contributed by atoms with Crippen molar-refractivity contribution >= 4 is 17.4 Å². The van der Waals surface area contributed by atoms with Gasteiger partial charge in [0, 0.05) is 48.5 Å². The van der Waals surface area contributed by atoms with Crippen molar-refractivity contribution in [2.45, 2.75) is 25.8 Å². The van der Waals surface area contributed by atoms with Crippen LogP contribution in [-0.2, 0) is 0 Å². The molecule has 11 heteroatoms. The van der Waals surface area contributed by atoms with Gasteiger partial charge in [-0.05, 0) is 43.7 Å². The first kappa shape index (κ1) is 22.5. The normalized spacial score (nSPS) is 16.0. The lowest BCUT2D eigenvalue weighted by atomic mass is 10.1. The van der Waals surface area contributed by atoms with Crippen LogP contribution in [0.3, 0.4) is 0 Å². The fourth-order valence-electron chi connectivity index (χ4n) is 3.46. The van der Waals surface area contributed by atoms with Crippen LogP contribution in [0.25, 0.3) is 11.1 Å². The number of aryl methyl sites for hydroxylation is 1. The van der Waals surface area contributed by atoms with E-state index in [2.05, 4.69) is 25.0 Å². The van der Waals surface area contributed by atoms with Crippen LogP contribution in [0.2, 0.25) is 0 Å². The number of aliphatic hydroxyl groups excluding tert-OH is 1. The van der Waals surface area contributed by atoms with Crippen molar-refractivity contribution < 1.29 is 27.8 Å². The minimum Gasteiger partial charge on any atom is -0.406 e. The lowest BCUT2D eigenvalue weighted by Crippen LogP contribution is -2.23. The average molecular weight is 459 g/mol. The van der Waals surface area contributed by atoms with E-state index in [0.717, 1.165) is 12.1 Å². The molecule has 33 heavy (non-hydrogen) atoms. The van der Waals surface area contributed by atoms with Gasteiger partial charge in [0.05, 0.1) is 11.7 Å². The van der Waals surface area contributed by atoms with Gasteiger partial charge in [0.1, 0.15) is 17.4 Å². The molecule has 0 saturated carbocycles. The molecule has 1 fully saturated rings. The van der Waals surface area contributed by atoms with Crippen molar-refractivity contribution in [1.29, 1.82) is 0 Å². The summed E-state index contributed by atoms with van der Waals surface area (Å²) in [7, 11) is 0. The molecule has 2 N–H and O–H groups in total. The van der Waals surface area contributed by atoms with Crippen LogP contribution < -0.4 is 15.0 Å². The molecule has 0 spiro atoms. The monoisotopic (exact) mass is 459 g/mol. The molecule has 4 rings (SSSR count). The number of pyridine rings is 1. The molecule has 1 aliphatic heterocycles. The van der Waals surface area contributed by atoms with E-state index in [0.29, 0.717) is 48.0 Å². The highest BCUT2D eigenvalue weighted by atomic mass is 19.4. The largest absolute Gasteiger partial charge is 0.573 e. The van der Waals surface area contributed by atoms with E-state index >= 15 is 0 Å². The van der Waals surface area contributed by atoms with Gasteiger partial charge < -0.3 is 20.1 Å². The lowest BCUT2D eigenvalue weighted by Gasteiger charge is -2.21. The zero-order valence-corrected chi connectivity index (χ0v) is 17.5. The summed E-state index contributed by atoms with van der Waals surface area (Å²) in [5.41, 5.74) is 1.82. The molecule has 0 aliphatic carbocycles. The molecule has 1 aromatic carbocycles. The van der Waals surface area contributed by atoms with Crippen molar-refractivity contribution in [2.75, 3.05) is 23.3 Å². The highest BCUT2D eigenvalue weighted by Gasteiger charge is 2.31. The van der Waals surface area contributed by atoms with E-state index in [-0.39, 0.29) is 11.3 Å². The van der Waals surface area contributed by atoms with Gasteiger partial charge in [-0.25, -0.2) is 15.0 Å². The second kappa shape index (κ2) is 9.02. The molecule has 8 nitrogen and oxygen atoms in total. The number of aromatic nitrogens is 3. The SMILES string of the molecule is Cc1ncc(-c2cc(C(=O)Nc3ccc(OC(F)(F)F)cc3)cnc2N2CCC(O)C2)cn1. The number of halogens is 3. The molecule has 3 heterocycles. The molecule has 3 aromatic rings. The topological polar surface area (TPSA) is 100 Å². The molecule has 1 aliphatic rings. The molecule has 1 saturated heterocycles. The number of ether oxygens (including phenoxy) is 1. The smallest absolute Gasteiger partial charge is 0.406 e. The summed E-state index contributed by atoms with van der Waals surface area (Å²) in [6.07, 6.45) is 0.0461. The summed E-state index contributed by atoms with van der Waals surface area (Å²) in [5, 5.41) is 12.5. The third-order valence-electron chi connectivity index (χ3n) is 5.03. The van der Waals surface area contributed by atoms with Crippen LogP contribution in [0.15, 0.2) is 48.9 Å². The molecule has 1 amide bonds. The Morgan fingerprint density at radius 3 is 2.45 bits per heavy atom. The highest BCUT2D eigenvalue weighted by Crippen LogP contribution is 2.32. The van der Waals surface area contributed by atoms with Gasteiger partial charge >= 0.3 is 6.36 Å². The number of nitrogens with zero attached hydrogens (tertiary/aromatic N) is 4. The van der Waals surface area contributed by atoms with Gasteiger partial charge in [0.2, 0.25) is 0 Å². The molecule has 0 bridgehead atoms. The van der Waals surface area contributed by atoms with Gasteiger partial charge in [-0.2, -0.15) is 0 Å². The molecule has 2 aromatic heterocycles. The molecular formula is C22H20F3N5O3. The summed E-state index contributed by atoms with van der Waals surface area (Å²) in [6.45, 7) is 2.80. The van der Waals surface area contributed by atoms with Gasteiger partial charge in [-0.1, -0.05) is 0 Å². The Balaban J connectivity index is 1.59. The number of amides is 1. The predicted molar refractivity (Wildman–Crippen MR) is 114 cm³/mol. The van der Waals surface area contributed by atoms with Crippen LogP contribution in [0.4, 0.5) is 24.7 Å². The van der Waals surface area contributed by atoms with E-state index in [4.69, 9.17) is 0 Å². The molecular weight excluding hydrogens is 439 g/mol. The van der Waals surface area contributed by atoms with E-state index in [9.17, 15) is 23.1 Å². The quantitative estimate of drug-likeness (QED) is 0.602. The number of nitrogens with one attached hydrogen (secondary N) is 1. The highest BCUT2D eigenvalue weighted by molar-refractivity contribution is 6.05. The van der Waals surface area contributed by atoms with E-state index in [1.165, 1.54) is 18.3 Å². The maximum atomic E-state index is 12.8. The number of hydrogen-bond acceptors (Lipinski definition) is 7. The second-order valence-corrected chi connectivity index (χ2v) is 7.53. The van der Waals surface area contributed by atoms with Crippen molar-refractivity contribution in [1.82, 2.24) is 15.0 Å². The van der Waals surface area contributed by atoms with Crippen molar-refractivity contribution in [3.05, 3.63) is 60.3 Å². The molecule has 0 radical (unpaired) electrons. The van der Waals surface area contributed by atoms with Crippen LogP contribution in [-0.4, -0.2) is 51.5 Å². The maximum absolute atomic E-state index is 12.8. The first-order valence-corrected chi connectivity index (χ1v) is 10.1. The van der Waals surface area contributed by atoms with Gasteiger partial charge in [-0.15, -0.1) is 13.2 Å². The molecule has 1 atom stereocenters. The molecule has 172 valence electrons. The Morgan fingerprint density at radius 1 is 1.15 bits per heavy atom. The number of aliphatic hydroxyl groups is 1. The van der Waals surface area contributed by atoms with Crippen LogP contribution in [0.1, 0.15) is 22.6 Å². The zero-order chi connectivity index (χ0) is 23.6. The third-order valence-corrected chi connectivity index (χ3v) is 5.03. The zero-order valence-electron chi connectivity index (χ0n) is 17.5. The van der Waals surface area contributed by atoms with Crippen molar-refractivity contribution in [3.8, 4) is 16.9 Å². The fraction of sp³-hybridized carbons (Fsp3) is 0.273. The number of benzene rings is 1. The fourth-order valence-corrected chi connectivity index (χ4v) is 3.46. The van der Waals surface area contributed by atoms with Crippen LogP contribution in [0, 0.1) is 6.92 Å². The van der Waals surface area contributed by atoms with Gasteiger partial charge in [0.15, 0.2) is 0 Å². The summed E-state index contributed by atoms with van der Waals surface area (Å²) in [5.74, 6) is 0.316. The Morgan fingerprint density at radius 2 is 1.85 bits per heavy atom. The summed E-state index contributed by atoms with van der Waals surface area (Å²) < 4.78 is 40.8. The summed E-state index contributed by atoms with van der Waals surface area (Å²) in [4.78, 5) is 27.6. The number of carbonyl (C=O) groups excluding carboxylic acids is 1. The number of carbonyl (C=O) groups is 1.